The number of benzene rings is 1. The van der Waals surface area contributed by atoms with Gasteiger partial charge in [-0.15, -0.1) is 0 Å². The second-order valence-electron chi connectivity index (χ2n) is 6.15. The van der Waals surface area contributed by atoms with E-state index in [1.54, 1.807) is 6.07 Å². The van der Waals surface area contributed by atoms with Gasteiger partial charge in [-0.1, -0.05) is 19.3 Å². The van der Waals surface area contributed by atoms with Crippen LogP contribution in [-0.2, 0) is 4.79 Å². The zero-order chi connectivity index (χ0) is 16.4. The van der Waals surface area contributed by atoms with Gasteiger partial charge in [-0.05, 0) is 25.8 Å². The molecule has 1 unspecified atom stereocenters. The Morgan fingerprint density at radius 3 is 2.83 bits per heavy atom. The van der Waals surface area contributed by atoms with Crippen LogP contribution >= 0.6 is 0 Å². The number of rotatable bonds is 4. The van der Waals surface area contributed by atoms with Crippen molar-refractivity contribution in [3.8, 4) is 0 Å². The summed E-state index contributed by atoms with van der Waals surface area (Å²) in [7, 11) is 0. The molecule has 0 aliphatic heterocycles. The molecule has 1 aromatic carbocycles. The van der Waals surface area contributed by atoms with Crippen LogP contribution in [0.3, 0.4) is 0 Å². The lowest BCUT2D eigenvalue weighted by atomic mass is 9.88. The number of nitro groups is 1. The Morgan fingerprint density at radius 2 is 2.13 bits per heavy atom. The van der Waals surface area contributed by atoms with Crippen molar-refractivity contribution in [2.75, 3.05) is 0 Å². The van der Waals surface area contributed by atoms with Crippen LogP contribution in [0.25, 0.3) is 11.0 Å². The first kappa shape index (κ1) is 15.5. The second kappa shape index (κ2) is 6.36. The van der Waals surface area contributed by atoms with Crippen molar-refractivity contribution in [2.24, 2.45) is 5.92 Å². The van der Waals surface area contributed by atoms with Gasteiger partial charge in [0.2, 0.25) is 5.91 Å². The molecule has 0 bridgehead atoms. The molecule has 0 saturated heterocycles. The first-order valence-corrected chi connectivity index (χ1v) is 7.99. The van der Waals surface area contributed by atoms with Crippen molar-refractivity contribution in [2.45, 2.75) is 45.1 Å². The number of hydrogen-bond acceptors (Lipinski definition) is 4. The van der Waals surface area contributed by atoms with Crippen molar-refractivity contribution in [3.63, 3.8) is 0 Å². The number of imidazole rings is 1. The van der Waals surface area contributed by atoms with E-state index in [1.165, 1.54) is 18.6 Å². The fraction of sp³-hybridized carbons (Fsp3) is 0.500. The van der Waals surface area contributed by atoms with Gasteiger partial charge >= 0.3 is 0 Å². The van der Waals surface area contributed by atoms with Crippen molar-refractivity contribution >= 4 is 22.6 Å². The Balaban J connectivity index is 1.73. The summed E-state index contributed by atoms with van der Waals surface area (Å²) in [6.07, 6.45) is 5.33. The van der Waals surface area contributed by atoms with Crippen molar-refractivity contribution in [1.82, 2.24) is 15.3 Å². The molecule has 1 atom stereocenters. The lowest BCUT2D eigenvalue weighted by Crippen LogP contribution is -2.34. The number of hydrogen-bond donors (Lipinski definition) is 2. The normalized spacial score (nSPS) is 17.1. The van der Waals surface area contributed by atoms with E-state index in [2.05, 4.69) is 15.3 Å². The Labute approximate surface area is 133 Å². The van der Waals surface area contributed by atoms with E-state index in [0.717, 1.165) is 25.7 Å². The third kappa shape index (κ3) is 3.33. The molecule has 7 heteroatoms. The number of non-ortho nitro benzene ring substituents is 1. The van der Waals surface area contributed by atoms with Crippen LogP contribution in [0, 0.1) is 16.0 Å². The van der Waals surface area contributed by atoms with E-state index in [1.807, 2.05) is 6.92 Å². The predicted molar refractivity (Wildman–Crippen MR) is 85.9 cm³/mol. The highest BCUT2D eigenvalue weighted by molar-refractivity contribution is 5.80. The topological polar surface area (TPSA) is 101 Å². The average molecular weight is 316 g/mol. The summed E-state index contributed by atoms with van der Waals surface area (Å²) in [6.45, 7) is 1.87. The summed E-state index contributed by atoms with van der Waals surface area (Å²) in [5.41, 5.74) is 1.28. The molecule has 3 rings (SSSR count). The maximum absolute atomic E-state index is 12.3. The highest BCUT2D eigenvalue weighted by Crippen LogP contribution is 2.25. The minimum absolute atomic E-state index is 0.0200. The van der Waals surface area contributed by atoms with Gasteiger partial charge < -0.3 is 10.3 Å². The molecule has 1 saturated carbocycles. The molecule has 1 fully saturated rings. The monoisotopic (exact) mass is 316 g/mol. The van der Waals surface area contributed by atoms with Gasteiger partial charge in [0.25, 0.3) is 5.69 Å². The van der Waals surface area contributed by atoms with Crippen LogP contribution in [0.4, 0.5) is 5.69 Å². The first-order chi connectivity index (χ1) is 11.0. The Kier molecular flexibility index (Phi) is 4.27. The zero-order valence-electron chi connectivity index (χ0n) is 13.0. The smallest absolute Gasteiger partial charge is 0.271 e. The molecule has 2 aromatic rings. The van der Waals surface area contributed by atoms with Crippen LogP contribution in [0.1, 0.15) is 50.9 Å². The van der Waals surface area contributed by atoms with E-state index in [-0.39, 0.29) is 23.6 Å². The maximum Gasteiger partial charge on any atom is 0.271 e. The quantitative estimate of drug-likeness (QED) is 0.668. The van der Waals surface area contributed by atoms with Crippen LogP contribution in [0.15, 0.2) is 18.2 Å². The number of nitrogens with zero attached hydrogens (tertiary/aromatic N) is 2. The standard InChI is InChI=1S/C16H20N4O3/c1-10(17-16(21)11-5-3-2-4-6-11)15-18-13-8-7-12(20(22)23)9-14(13)19-15/h7-11H,2-6H2,1H3,(H,17,21)(H,18,19). The predicted octanol–water partition coefficient (Wildman–Crippen LogP) is 3.23. The van der Waals surface area contributed by atoms with Gasteiger partial charge in [-0.25, -0.2) is 4.98 Å². The Bertz CT molecular complexity index is 734. The SMILES string of the molecule is CC(NC(=O)C1CCCCC1)c1nc2ccc([N+](=O)[O-])cc2[nH]1. The summed E-state index contributed by atoms with van der Waals surface area (Å²) in [5, 5.41) is 13.8. The Morgan fingerprint density at radius 1 is 1.39 bits per heavy atom. The van der Waals surface area contributed by atoms with Gasteiger partial charge in [0.1, 0.15) is 5.82 Å². The molecule has 0 spiro atoms. The molecule has 0 radical (unpaired) electrons. The van der Waals surface area contributed by atoms with Crippen LogP contribution in [-0.4, -0.2) is 20.8 Å². The summed E-state index contributed by atoms with van der Waals surface area (Å²) in [6, 6.07) is 4.25. The second-order valence-corrected chi connectivity index (χ2v) is 6.15. The van der Waals surface area contributed by atoms with Crippen molar-refractivity contribution in [3.05, 3.63) is 34.1 Å². The number of nitrogens with one attached hydrogen (secondary N) is 2. The van der Waals surface area contributed by atoms with Crippen LogP contribution in [0.5, 0.6) is 0 Å². The number of carbonyl (C=O) groups excluding carboxylic acids is 1. The van der Waals surface area contributed by atoms with E-state index < -0.39 is 4.92 Å². The molecule has 1 aromatic heterocycles. The van der Waals surface area contributed by atoms with Crippen molar-refractivity contribution in [1.29, 1.82) is 0 Å². The lowest BCUT2D eigenvalue weighted by Gasteiger charge is -2.22. The number of fused-ring (bicyclic) bond motifs is 1. The minimum atomic E-state index is -0.436. The van der Waals surface area contributed by atoms with Gasteiger partial charge in [-0.2, -0.15) is 0 Å². The Hall–Kier alpha value is -2.44. The van der Waals surface area contributed by atoms with E-state index in [4.69, 9.17) is 0 Å². The number of amides is 1. The van der Waals surface area contributed by atoms with Gasteiger partial charge in [-0.3, -0.25) is 14.9 Å². The third-order valence-corrected chi connectivity index (χ3v) is 4.44. The zero-order valence-corrected chi connectivity index (χ0v) is 13.0. The largest absolute Gasteiger partial charge is 0.346 e. The minimum Gasteiger partial charge on any atom is -0.346 e. The van der Waals surface area contributed by atoms with Gasteiger partial charge in [0, 0.05) is 18.1 Å². The summed E-state index contributed by atoms with van der Waals surface area (Å²) < 4.78 is 0. The lowest BCUT2D eigenvalue weighted by molar-refractivity contribution is -0.384. The molecule has 23 heavy (non-hydrogen) atoms. The maximum atomic E-state index is 12.3. The molecular formula is C16H20N4O3. The number of H-pyrrole nitrogens is 1. The third-order valence-electron chi connectivity index (χ3n) is 4.44. The summed E-state index contributed by atoms with van der Waals surface area (Å²) in [4.78, 5) is 30.2. The molecule has 122 valence electrons. The first-order valence-electron chi connectivity index (χ1n) is 7.99. The fourth-order valence-electron chi connectivity index (χ4n) is 3.10. The van der Waals surface area contributed by atoms with Gasteiger partial charge in [0.15, 0.2) is 0 Å². The number of carbonyl (C=O) groups is 1. The number of aromatic amines is 1. The molecule has 1 aliphatic rings. The number of nitro benzene ring substituents is 1. The van der Waals surface area contributed by atoms with E-state index in [9.17, 15) is 14.9 Å². The summed E-state index contributed by atoms with van der Waals surface area (Å²) >= 11 is 0. The van der Waals surface area contributed by atoms with E-state index in [0.29, 0.717) is 16.9 Å². The summed E-state index contributed by atoms with van der Waals surface area (Å²) in [5.74, 6) is 0.782. The fourth-order valence-corrected chi connectivity index (χ4v) is 3.10. The molecule has 1 aliphatic carbocycles. The highest BCUT2D eigenvalue weighted by atomic mass is 16.6. The molecule has 7 nitrogen and oxygen atoms in total. The van der Waals surface area contributed by atoms with Crippen LogP contribution < -0.4 is 5.32 Å². The molecule has 1 heterocycles. The molecular weight excluding hydrogens is 296 g/mol. The van der Waals surface area contributed by atoms with Crippen LogP contribution in [0.2, 0.25) is 0 Å². The van der Waals surface area contributed by atoms with Crippen molar-refractivity contribution < 1.29 is 9.72 Å². The molecule has 1 amide bonds. The molecule has 2 N–H and O–H groups in total. The highest BCUT2D eigenvalue weighted by Gasteiger charge is 2.23. The number of aromatic nitrogens is 2. The average Bonchev–Trinajstić information content (AvgIpc) is 2.98. The van der Waals surface area contributed by atoms with E-state index >= 15 is 0 Å². The van der Waals surface area contributed by atoms with Gasteiger partial charge in [0.05, 0.1) is 22.0 Å².